The Bertz CT molecular complexity index is 1380. The van der Waals surface area contributed by atoms with Gasteiger partial charge in [0, 0.05) is 22.5 Å². The summed E-state index contributed by atoms with van der Waals surface area (Å²) in [5, 5.41) is 4.70. The van der Waals surface area contributed by atoms with Gasteiger partial charge in [-0.2, -0.15) is 18.3 Å². The smallest absolute Gasteiger partial charge is 0.328 e. The van der Waals surface area contributed by atoms with Gasteiger partial charge in [-0.15, -0.1) is 0 Å². The van der Waals surface area contributed by atoms with Crippen molar-refractivity contribution in [3.05, 3.63) is 69.2 Å². The molecule has 0 atom stereocenters. The summed E-state index contributed by atoms with van der Waals surface area (Å²) < 4.78 is 41.9. The van der Waals surface area contributed by atoms with Crippen molar-refractivity contribution in [3.8, 4) is 0 Å². The summed E-state index contributed by atoms with van der Waals surface area (Å²) in [6.45, 7) is -0.0845. The molecule has 1 aromatic heterocycles. The molecule has 5 rings (SSSR count). The number of nitrogens with zero attached hydrogens (tertiary/aromatic N) is 3. The van der Waals surface area contributed by atoms with Gasteiger partial charge >= 0.3 is 6.18 Å². The first-order chi connectivity index (χ1) is 17.1. The lowest BCUT2D eigenvalue weighted by Crippen LogP contribution is -2.43. The Kier molecular flexibility index (Phi) is 6.61. The van der Waals surface area contributed by atoms with E-state index < -0.39 is 11.7 Å². The Morgan fingerprint density at radius 3 is 2.58 bits per heavy atom. The molecule has 6 nitrogen and oxygen atoms in total. The Balaban J connectivity index is 1.38. The summed E-state index contributed by atoms with van der Waals surface area (Å²) in [6.07, 6.45) is 1.68. The lowest BCUT2D eigenvalue weighted by Gasteiger charge is -2.31. The molecule has 2 N–H and O–H groups in total. The van der Waals surface area contributed by atoms with Crippen LogP contribution >= 0.6 is 23.4 Å². The molecule has 0 spiro atoms. The summed E-state index contributed by atoms with van der Waals surface area (Å²) in [5.74, 6) is -0.302. The third-order valence-electron chi connectivity index (χ3n) is 6.59. The van der Waals surface area contributed by atoms with Crippen LogP contribution in [0.15, 0.2) is 47.5 Å². The number of carbonyl (C=O) groups is 2. The fourth-order valence-corrected chi connectivity index (χ4v) is 5.81. The third-order valence-corrected chi connectivity index (χ3v) is 7.71. The molecule has 1 aliphatic carbocycles. The number of alkyl halides is 3. The van der Waals surface area contributed by atoms with E-state index in [0.717, 1.165) is 30.7 Å². The fourth-order valence-electron chi connectivity index (χ4n) is 4.74. The van der Waals surface area contributed by atoms with Crippen LogP contribution in [-0.4, -0.2) is 37.9 Å². The first-order valence-corrected chi connectivity index (χ1v) is 12.6. The van der Waals surface area contributed by atoms with Gasteiger partial charge in [0.2, 0.25) is 0 Å². The van der Waals surface area contributed by atoms with E-state index in [0.29, 0.717) is 34.2 Å². The van der Waals surface area contributed by atoms with Crippen LogP contribution in [0.1, 0.15) is 42.4 Å². The van der Waals surface area contributed by atoms with E-state index in [9.17, 15) is 22.8 Å². The Morgan fingerprint density at radius 2 is 1.86 bits per heavy atom. The number of aromatic nitrogens is 2. The van der Waals surface area contributed by atoms with Gasteiger partial charge in [0.05, 0.1) is 28.7 Å². The number of hydrogen-bond acceptors (Lipinski definition) is 5. The quantitative estimate of drug-likeness (QED) is 0.411. The maximum Gasteiger partial charge on any atom is 0.416 e. The molecule has 2 heterocycles. The predicted octanol–water partition coefficient (Wildman–Crippen LogP) is 6.06. The highest BCUT2D eigenvalue weighted by molar-refractivity contribution is 8.18. The number of benzene rings is 2. The van der Waals surface area contributed by atoms with Crippen LogP contribution in [0.4, 0.5) is 18.0 Å². The second kappa shape index (κ2) is 9.57. The van der Waals surface area contributed by atoms with E-state index >= 15 is 0 Å². The summed E-state index contributed by atoms with van der Waals surface area (Å²) in [6, 6.07) is 8.95. The molecule has 1 saturated carbocycles. The lowest BCUT2D eigenvalue weighted by molar-refractivity contribution is -0.138. The normalized spacial score (nSPS) is 22.2. The predicted molar refractivity (Wildman–Crippen MR) is 133 cm³/mol. The fraction of sp³-hybridized carbons (Fsp3) is 0.320. The highest BCUT2D eigenvalue weighted by Gasteiger charge is 2.40. The van der Waals surface area contributed by atoms with Gasteiger partial charge in [0.15, 0.2) is 0 Å². The van der Waals surface area contributed by atoms with Gasteiger partial charge in [-0.1, -0.05) is 23.7 Å². The third kappa shape index (κ3) is 4.89. The molecule has 188 valence electrons. The molecular formula is C25H22ClF3N4O2S. The lowest BCUT2D eigenvalue weighted by atomic mass is 9.91. The average molecular weight is 535 g/mol. The van der Waals surface area contributed by atoms with Crippen molar-refractivity contribution in [2.24, 2.45) is 5.73 Å². The van der Waals surface area contributed by atoms with Gasteiger partial charge in [-0.25, -0.2) is 0 Å². The summed E-state index contributed by atoms with van der Waals surface area (Å²) in [4.78, 5) is 27.2. The molecule has 2 amide bonds. The van der Waals surface area contributed by atoms with Gasteiger partial charge < -0.3 is 5.73 Å². The minimum atomic E-state index is -4.54. The molecule has 0 unspecified atom stereocenters. The van der Waals surface area contributed by atoms with Crippen LogP contribution in [0.25, 0.3) is 17.0 Å². The number of amides is 2. The zero-order valence-electron chi connectivity index (χ0n) is 19.0. The van der Waals surface area contributed by atoms with E-state index in [1.54, 1.807) is 30.5 Å². The molecule has 2 aromatic carbocycles. The average Bonchev–Trinajstić information content (AvgIpc) is 3.34. The van der Waals surface area contributed by atoms with Crippen LogP contribution in [0.3, 0.4) is 0 Å². The highest BCUT2D eigenvalue weighted by Crippen LogP contribution is 2.37. The number of carbonyl (C=O) groups excluding carboxylic acids is 2. The van der Waals surface area contributed by atoms with Crippen molar-refractivity contribution in [1.82, 2.24) is 14.7 Å². The Hall–Kier alpha value is -2.82. The molecule has 1 saturated heterocycles. The van der Waals surface area contributed by atoms with Crippen LogP contribution in [0, 0.1) is 0 Å². The van der Waals surface area contributed by atoms with Crippen molar-refractivity contribution >= 4 is 51.5 Å². The van der Waals surface area contributed by atoms with Crippen molar-refractivity contribution in [3.63, 3.8) is 0 Å². The van der Waals surface area contributed by atoms with Gasteiger partial charge in [-0.3, -0.25) is 19.2 Å². The van der Waals surface area contributed by atoms with Gasteiger partial charge in [-0.05, 0) is 78.9 Å². The maximum absolute atomic E-state index is 13.5. The molecule has 1 aliphatic heterocycles. The molecule has 36 heavy (non-hydrogen) atoms. The number of hydrogen-bond donors (Lipinski definition) is 1. The maximum atomic E-state index is 13.5. The summed E-state index contributed by atoms with van der Waals surface area (Å²) in [5.41, 5.74) is 6.54. The second-order valence-corrected chi connectivity index (χ2v) is 10.5. The van der Waals surface area contributed by atoms with Crippen LogP contribution in [0.2, 0.25) is 5.02 Å². The monoisotopic (exact) mass is 534 g/mol. The number of imide groups is 1. The highest BCUT2D eigenvalue weighted by atomic mass is 35.5. The molecule has 3 aromatic rings. The molecule has 2 aliphatic rings. The van der Waals surface area contributed by atoms with Crippen molar-refractivity contribution in [2.45, 2.75) is 50.5 Å². The number of fused-ring (bicyclic) bond motifs is 1. The Morgan fingerprint density at radius 1 is 1.11 bits per heavy atom. The molecular weight excluding hydrogens is 513 g/mol. The molecule has 2 fully saturated rings. The van der Waals surface area contributed by atoms with Crippen LogP contribution in [-0.2, 0) is 17.5 Å². The SMILES string of the molecule is NC1CCC(N2C(=O)SC(=Cc3ccc4c(cnn4Cc4ccc(Cl)cc4C(F)(F)F)c3)C2=O)CC1. The van der Waals surface area contributed by atoms with E-state index in [4.69, 9.17) is 17.3 Å². The zero-order valence-corrected chi connectivity index (χ0v) is 20.5. The zero-order chi connectivity index (χ0) is 25.6. The van der Waals surface area contributed by atoms with Crippen molar-refractivity contribution in [1.29, 1.82) is 0 Å². The van der Waals surface area contributed by atoms with Crippen molar-refractivity contribution < 1.29 is 22.8 Å². The topological polar surface area (TPSA) is 81.2 Å². The minimum absolute atomic E-state index is 0.0116. The van der Waals surface area contributed by atoms with Crippen molar-refractivity contribution in [2.75, 3.05) is 0 Å². The first kappa shape index (κ1) is 24.9. The number of nitrogens with two attached hydrogens (primary N) is 1. The van der Waals surface area contributed by atoms with Crippen LogP contribution < -0.4 is 5.73 Å². The van der Waals surface area contributed by atoms with E-state index in [1.807, 2.05) is 0 Å². The van der Waals surface area contributed by atoms with E-state index in [-0.39, 0.29) is 40.4 Å². The largest absolute Gasteiger partial charge is 0.416 e. The molecule has 11 heteroatoms. The van der Waals surface area contributed by atoms with Gasteiger partial charge in [0.25, 0.3) is 11.1 Å². The number of halogens is 4. The standard InChI is InChI=1S/C25H22ClF3N4O2S/c26-17-3-2-15(20(11-17)25(27,28)29)13-32-21-8-1-14(9-16(21)12-31-32)10-22-23(34)33(24(35)36-22)19-6-4-18(30)5-7-19/h1-3,8-12,18-19H,4-7,13,30H2. The first-order valence-electron chi connectivity index (χ1n) is 11.4. The summed E-state index contributed by atoms with van der Waals surface area (Å²) >= 11 is 6.70. The number of rotatable bonds is 4. The molecule has 0 bridgehead atoms. The summed E-state index contributed by atoms with van der Waals surface area (Å²) in [7, 11) is 0. The van der Waals surface area contributed by atoms with Crippen LogP contribution in [0.5, 0.6) is 0 Å². The minimum Gasteiger partial charge on any atom is -0.328 e. The number of thioether (sulfide) groups is 1. The van der Waals surface area contributed by atoms with E-state index in [2.05, 4.69) is 5.10 Å². The molecule has 0 radical (unpaired) electrons. The Labute approximate surface area is 214 Å². The van der Waals surface area contributed by atoms with E-state index in [1.165, 1.54) is 21.7 Å². The van der Waals surface area contributed by atoms with Gasteiger partial charge in [0.1, 0.15) is 0 Å². The second-order valence-electron chi connectivity index (χ2n) is 9.04.